The van der Waals surface area contributed by atoms with E-state index in [-0.39, 0.29) is 13.0 Å². The Morgan fingerprint density at radius 1 is 1.40 bits per heavy atom. The molecular formula is C13H17BrN2O4. The summed E-state index contributed by atoms with van der Waals surface area (Å²) in [5, 5.41) is 22.7. The van der Waals surface area contributed by atoms with Gasteiger partial charge in [0.25, 0.3) is 0 Å². The number of nitrogens with one attached hydrogen (secondary N) is 2. The second-order valence-electron chi connectivity index (χ2n) is 4.18. The number of rotatable bonds is 6. The first kappa shape index (κ1) is 16.5. The van der Waals surface area contributed by atoms with Crippen LogP contribution in [0.4, 0.5) is 10.5 Å². The molecule has 7 heteroatoms. The maximum Gasteiger partial charge on any atom is 0.332 e. The number of halogens is 1. The van der Waals surface area contributed by atoms with Crippen LogP contribution in [0.1, 0.15) is 18.9 Å². The van der Waals surface area contributed by atoms with Crippen molar-refractivity contribution in [1.82, 2.24) is 5.32 Å². The molecule has 0 fully saturated rings. The van der Waals surface area contributed by atoms with Crippen molar-refractivity contribution in [2.24, 2.45) is 0 Å². The maximum absolute atomic E-state index is 11.7. The van der Waals surface area contributed by atoms with Gasteiger partial charge in [0.1, 0.15) is 0 Å². The summed E-state index contributed by atoms with van der Waals surface area (Å²) in [6, 6.07) is 5.10. The van der Waals surface area contributed by atoms with E-state index in [4.69, 9.17) is 10.2 Å². The van der Waals surface area contributed by atoms with Gasteiger partial charge in [-0.05, 0) is 30.2 Å². The molecular weight excluding hydrogens is 328 g/mol. The van der Waals surface area contributed by atoms with Gasteiger partial charge >= 0.3 is 12.0 Å². The van der Waals surface area contributed by atoms with Crippen molar-refractivity contribution >= 4 is 33.6 Å². The van der Waals surface area contributed by atoms with Gasteiger partial charge in [0.2, 0.25) is 0 Å². The molecule has 2 amide bonds. The van der Waals surface area contributed by atoms with Gasteiger partial charge in [0.15, 0.2) is 6.10 Å². The molecule has 0 aliphatic carbocycles. The second-order valence-corrected chi connectivity index (χ2v) is 5.09. The molecule has 1 aromatic carbocycles. The van der Waals surface area contributed by atoms with Crippen LogP contribution in [0.2, 0.25) is 0 Å². The van der Waals surface area contributed by atoms with Gasteiger partial charge in [-0.1, -0.05) is 22.9 Å². The summed E-state index contributed by atoms with van der Waals surface area (Å²) in [5.41, 5.74) is 1.69. The number of carboxylic acids is 1. The lowest BCUT2D eigenvalue weighted by Gasteiger charge is -2.12. The molecule has 0 spiro atoms. The minimum Gasteiger partial charge on any atom is -0.479 e. The molecule has 0 bridgehead atoms. The smallest absolute Gasteiger partial charge is 0.332 e. The zero-order valence-corrected chi connectivity index (χ0v) is 12.6. The molecule has 0 heterocycles. The fourth-order valence-electron chi connectivity index (χ4n) is 1.59. The van der Waals surface area contributed by atoms with Crippen LogP contribution in [0, 0.1) is 0 Å². The Hall–Kier alpha value is -1.60. The highest BCUT2D eigenvalue weighted by atomic mass is 79.9. The fourth-order valence-corrected chi connectivity index (χ4v) is 2.00. The van der Waals surface area contributed by atoms with Crippen LogP contribution in [0.25, 0.3) is 0 Å². The quantitative estimate of drug-likeness (QED) is 0.633. The lowest BCUT2D eigenvalue weighted by atomic mass is 10.1. The summed E-state index contributed by atoms with van der Waals surface area (Å²) in [6.45, 7) is 2.06. The molecule has 0 saturated carbocycles. The Labute approximate surface area is 125 Å². The number of urea groups is 1. The largest absolute Gasteiger partial charge is 0.479 e. The van der Waals surface area contributed by atoms with E-state index in [1.54, 1.807) is 6.07 Å². The summed E-state index contributed by atoms with van der Waals surface area (Å²) >= 11 is 3.36. The lowest BCUT2D eigenvalue weighted by Crippen LogP contribution is -2.33. The molecule has 110 valence electrons. The maximum atomic E-state index is 11.7. The summed E-state index contributed by atoms with van der Waals surface area (Å²) in [4.78, 5) is 22.1. The topological polar surface area (TPSA) is 98.7 Å². The van der Waals surface area contributed by atoms with Crippen molar-refractivity contribution in [3.63, 3.8) is 0 Å². The molecule has 0 aromatic heterocycles. The number of hydrogen-bond acceptors (Lipinski definition) is 3. The Kier molecular flexibility index (Phi) is 6.47. The lowest BCUT2D eigenvalue weighted by molar-refractivity contribution is -0.146. The minimum atomic E-state index is -1.46. The number of carboxylic acid groups (broad SMARTS) is 1. The van der Waals surface area contributed by atoms with Crippen LogP contribution in [-0.4, -0.2) is 34.9 Å². The standard InChI is InChI=1S/C13H17BrN2O4/c1-2-8-7-9(14)3-4-10(8)16-13(20)15-6-5-11(17)12(18)19/h3-4,7,11,17H,2,5-6H2,1H3,(H,18,19)(H2,15,16,20). The van der Waals surface area contributed by atoms with Crippen molar-refractivity contribution in [3.05, 3.63) is 28.2 Å². The molecule has 20 heavy (non-hydrogen) atoms. The van der Waals surface area contributed by atoms with Crippen LogP contribution in [0.15, 0.2) is 22.7 Å². The third kappa shape index (κ3) is 5.18. The fraction of sp³-hybridized carbons (Fsp3) is 0.385. The number of carbonyl (C=O) groups is 2. The zero-order chi connectivity index (χ0) is 15.1. The molecule has 1 rings (SSSR count). The molecule has 0 radical (unpaired) electrons. The molecule has 0 aliphatic rings. The van der Waals surface area contributed by atoms with Crippen LogP contribution >= 0.6 is 15.9 Å². The van der Waals surface area contributed by atoms with Crippen molar-refractivity contribution in [2.45, 2.75) is 25.9 Å². The van der Waals surface area contributed by atoms with Crippen molar-refractivity contribution in [2.75, 3.05) is 11.9 Å². The van der Waals surface area contributed by atoms with Crippen molar-refractivity contribution in [1.29, 1.82) is 0 Å². The number of carbonyl (C=O) groups excluding carboxylic acids is 1. The third-order valence-corrected chi connectivity index (χ3v) is 3.18. The first-order chi connectivity index (χ1) is 9.43. The SMILES string of the molecule is CCc1cc(Br)ccc1NC(=O)NCCC(O)C(=O)O. The highest BCUT2D eigenvalue weighted by Crippen LogP contribution is 2.21. The van der Waals surface area contributed by atoms with Crippen molar-refractivity contribution in [3.8, 4) is 0 Å². The first-order valence-electron chi connectivity index (χ1n) is 6.18. The van der Waals surface area contributed by atoms with Crippen LogP contribution in [0.5, 0.6) is 0 Å². The number of aliphatic carboxylic acids is 1. The summed E-state index contributed by atoms with van der Waals surface area (Å²) in [7, 11) is 0. The van der Waals surface area contributed by atoms with Crippen molar-refractivity contribution < 1.29 is 19.8 Å². The van der Waals surface area contributed by atoms with E-state index in [1.165, 1.54) is 0 Å². The Balaban J connectivity index is 2.48. The van der Waals surface area contributed by atoms with Gasteiger partial charge in [0.05, 0.1) is 0 Å². The molecule has 1 atom stereocenters. The predicted molar refractivity (Wildman–Crippen MR) is 78.8 cm³/mol. The van der Waals surface area contributed by atoms with E-state index in [2.05, 4.69) is 26.6 Å². The predicted octanol–water partition coefficient (Wildman–Crippen LogP) is 1.97. The van der Waals surface area contributed by atoms with E-state index in [1.807, 2.05) is 19.1 Å². The molecule has 1 unspecified atom stereocenters. The Bertz CT molecular complexity index is 493. The van der Waals surface area contributed by atoms with E-state index < -0.39 is 18.1 Å². The van der Waals surface area contributed by atoms with Gasteiger partial charge in [-0.15, -0.1) is 0 Å². The van der Waals surface area contributed by atoms with Crippen LogP contribution in [-0.2, 0) is 11.2 Å². The normalized spacial score (nSPS) is 11.8. The molecule has 4 N–H and O–H groups in total. The van der Waals surface area contributed by atoms with Crippen LogP contribution in [0.3, 0.4) is 0 Å². The minimum absolute atomic E-state index is 0.0380. The molecule has 6 nitrogen and oxygen atoms in total. The average molecular weight is 345 g/mol. The average Bonchev–Trinajstić information content (AvgIpc) is 2.40. The van der Waals surface area contributed by atoms with E-state index in [9.17, 15) is 9.59 Å². The van der Waals surface area contributed by atoms with E-state index in [0.29, 0.717) is 5.69 Å². The number of benzene rings is 1. The monoisotopic (exact) mass is 344 g/mol. The summed E-state index contributed by atoms with van der Waals surface area (Å²) in [5.74, 6) is -1.30. The zero-order valence-electron chi connectivity index (χ0n) is 11.0. The highest BCUT2D eigenvalue weighted by molar-refractivity contribution is 9.10. The number of anilines is 1. The molecule has 0 saturated heterocycles. The summed E-state index contributed by atoms with van der Waals surface area (Å²) < 4.78 is 0.935. The van der Waals surface area contributed by atoms with Gasteiger partial charge in [-0.2, -0.15) is 0 Å². The van der Waals surface area contributed by atoms with Gasteiger partial charge in [-0.25, -0.2) is 9.59 Å². The number of aliphatic hydroxyl groups is 1. The van der Waals surface area contributed by atoms with Gasteiger partial charge < -0.3 is 20.8 Å². The second kappa shape index (κ2) is 7.86. The number of amides is 2. The third-order valence-electron chi connectivity index (χ3n) is 2.68. The van der Waals surface area contributed by atoms with Gasteiger partial charge in [-0.3, -0.25) is 0 Å². The van der Waals surface area contributed by atoms with Gasteiger partial charge in [0, 0.05) is 23.1 Å². The van der Waals surface area contributed by atoms with E-state index >= 15 is 0 Å². The molecule has 0 aliphatic heterocycles. The Morgan fingerprint density at radius 3 is 2.70 bits per heavy atom. The summed E-state index contributed by atoms with van der Waals surface area (Å²) in [6.07, 6.45) is -0.731. The number of aliphatic hydroxyl groups excluding tert-OH is 1. The number of hydrogen-bond donors (Lipinski definition) is 4. The highest BCUT2D eigenvalue weighted by Gasteiger charge is 2.13. The van der Waals surface area contributed by atoms with E-state index in [0.717, 1.165) is 16.5 Å². The first-order valence-corrected chi connectivity index (χ1v) is 6.97. The molecule has 1 aromatic rings. The van der Waals surface area contributed by atoms with Crippen LogP contribution < -0.4 is 10.6 Å². The Morgan fingerprint density at radius 2 is 2.10 bits per heavy atom. The number of aryl methyl sites for hydroxylation is 1.